The van der Waals surface area contributed by atoms with Crippen LogP contribution in [-0.2, 0) is 4.79 Å². The van der Waals surface area contributed by atoms with Crippen LogP contribution in [0.4, 0.5) is 5.69 Å². The Labute approximate surface area is 155 Å². The number of hydrogen-bond acceptors (Lipinski definition) is 4. The average Bonchev–Trinajstić information content (AvgIpc) is 2.69. The van der Waals surface area contributed by atoms with E-state index in [0.29, 0.717) is 28.6 Å². The minimum atomic E-state index is -0.307. The maximum atomic E-state index is 12.8. The van der Waals surface area contributed by atoms with Gasteiger partial charge >= 0.3 is 0 Å². The van der Waals surface area contributed by atoms with Crippen LogP contribution in [0.5, 0.6) is 0 Å². The normalized spacial score (nSPS) is 13.1. The highest BCUT2D eigenvalue weighted by atomic mass is 16.2. The van der Waals surface area contributed by atoms with Crippen LogP contribution < -0.4 is 5.32 Å². The predicted octanol–water partition coefficient (Wildman–Crippen LogP) is 3.25. The van der Waals surface area contributed by atoms with Crippen LogP contribution in [-0.4, -0.2) is 34.2 Å². The summed E-state index contributed by atoms with van der Waals surface area (Å²) >= 11 is 0. The molecule has 0 atom stereocenters. The molecule has 1 N–H and O–H groups in total. The van der Waals surface area contributed by atoms with Crippen molar-refractivity contribution in [2.24, 2.45) is 0 Å². The van der Waals surface area contributed by atoms with E-state index in [1.54, 1.807) is 36.7 Å². The van der Waals surface area contributed by atoms with Crippen molar-refractivity contribution in [1.82, 2.24) is 9.88 Å². The minimum Gasteiger partial charge on any atom is -0.326 e. The largest absolute Gasteiger partial charge is 0.326 e. The molecule has 0 unspecified atom stereocenters. The molecular weight excluding hydrogens is 342 g/mol. The SMILES string of the molecule is O=C(CCCN1C(=O)c2cccc3cccc(c23)C1=O)Nc1ccncc1. The Morgan fingerprint density at radius 1 is 0.926 bits per heavy atom. The first-order valence-electron chi connectivity index (χ1n) is 8.73. The predicted molar refractivity (Wildman–Crippen MR) is 101 cm³/mol. The molecule has 0 radical (unpaired) electrons. The van der Waals surface area contributed by atoms with E-state index in [9.17, 15) is 14.4 Å². The second-order valence-electron chi connectivity index (χ2n) is 6.36. The first kappa shape index (κ1) is 16.9. The Hall–Kier alpha value is -3.54. The van der Waals surface area contributed by atoms with Crippen molar-refractivity contribution < 1.29 is 14.4 Å². The third-order valence-corrected chi connectivity index (χ3v) is 4.61. The molecule has 0 saturated heterocycles. The Morgan fingerprint density at radius 3 is 2.19 bits per heavy atom. The molecule has 1 aliphatic heterocycles. The lowest BCUT2D eigenvalue weighted by atomic mass is 9.94. The average molecular weight is 359 g/mol. The number of benzene rings is 2. The summed E-state index contributed by atoms with van der Waals surface area (Å²) in [6.07, 6.45) is 3.80. The Balaban J connectivity index is 1.45. The molecule has 0 fully saturated rings. The van der Waals surface area contributed by atoms with Crippen LogP contribution in [0.25, 0.3) is 10.8 Å². The lowest BCUT2D eigenvalue weighted by Gasteiger charge is -2.27. The lowest BCUT2D eigenvalue weighted by molar-refractivity contribution is -0.116. The zero-order valence-corrected chi connectivity index (χ0v) is 14.5. The summed E-state index contributed by atoms with van der Waals surface area (Å²) < 4.78 is 0. The van der Waals surface area contributed by atoms with Gasteiger partial charge in [0, 0.05) is 47.6 Å². The van der Waals surface area contributed by atoms with E-state index >= 15 is 0 Å². The number of rotatable bonds is 5. The van der Waals surface area contributed by atoms with E-state index in [-0.39, 0.29) is 30.7 Å². The van der Waals surface area contributed by atoms with E-state index in [4.69, 9.17) is 0 Å². The maximum absolute atomic E-state index is 12.8. The standard InChI is InChI=1S/C21H17N3O3/c25-18(23-15-9-11-22-12-10-15)8-3-13-24-20(26)16-6-1-4-14-5-2-7-17(19(14)16)21(24)27/h1-2,4-7,9-12H,3,8,13H2,(H,22,23,25). The molecule has 27 heavy (non-hydrogen) atoms. The van der Waals surface area contributed by atoms with Crippen molar-refractivity contribution in [3.05, 3.63) is 72.1 Å². The number of nitrogens with zero attached hydrogens (tertiary/aromatic N) is 2. The number of imide groups is 1. The van der Waals surface area contributed by atoms with Crippen LogP contribution in [0.1, 0.15) is 33.6 Å². The molecular formula is C21H17N3O3. The van der Waals surface area contributed by atoms with Crippen molar-refractivity contribution in [3.63, 3.8) is 0 Å². The summed E-state index contributed by atoms with van der Waals surface area (Å²) in [5.74, 6) is -0.779. The molecule has 0 saturated carbocycles. The highest BCUT2D eigenvalue weighted by molar-refractivity contribution is 6.25. The van der Waals surface area contributed by atoms with Gasteiger partial charge in [-0.15, -0.1) is 0 Å². The number of pyridine rings is 1. The summed E-state index contributed by atoms with van der Waals surface area (Å²) in [6.45, 7) is 0.201. The molecule has 1 aromatic heterocycles. The molecule has 4 rings (SSSR count). The summed E-state index contributed by atoms with van der Waals surface area (Å²) in [6, 6.07) is 14.3. The van der Waals surface area contributed by atoms with Gasteiger partial charge in [-0.2, -0.15) is 0 Å². The first-order valence-corrected chi connectivity index (χ1v) is 8.73. The summed E-state index contributed by atoms with van der Waals surface area (Å²) in [5, 5.41) is 4.35. The van der Waals surface area contributed by atoms with Gasteiger partial charge < -0.3 is 5.32 Å². The van der Waals surface area contributed by atoms with Gasteiger partial charge in [-0.25, -0.2) is 0 Å². The lowest BCUT2D eigenvalue weighted by Crippen LogP contribution is -2.41. The number of carbonyl (C=O) groups excluding carboxylic acids is 3. The fraction of sp³-hybridized carbons (Fsp3) is 0.143. The van der Waals surface area contributed by atoms with Crippen molar-refractivity contribution in [2.75, 3.05) is 11.9 Å². The molecule has 1 aliphatic rings. The fourth-order valence-corrected chi connectivity index (χ4v) is 3.34. The van der Waals surface area contributed by atoms with Crippen molar-refractivity contribution >= 4 is 34.2 Å². The molecule has 2 aromatic carbocycles. The van der Waals surface area contributed by atoms with Crippen molar-refractivity contribution in [3.8, 4) is 0 Å². The summed E-state index contributed by atoms with van der Waals surface area (Å²) in [5.41, 5.74) is 1.73. The molecule has 0 spiro atoms. The number of carbonyl (C=O) groups is 3. The van der Waals surface area contributed by atoms with Crippen LogP contribution in [0.2, 0.25) is 0 Å². The van der Waals surface area contributed by atoms with Crippen LogP contribution >= 0.6 is 0 Å². The van der Waals surface area contributed by atoms with Gasteiger partial charge in [0.2, 0.25) is 5.91 Å². The van der Waals surface area contributed by atoms with Gasteiger partial charge in [0.25, 0.3) is 11.8 Å². The third kappa shape index (κ3) is 3.17. The first-order chi connectivity index (χ1) is 13.1. The van der Waals surface area contributed by atoms with E-state index in [1.807, 2.05) is 24.3 Å². The summed E-state index contributed by atoms with van der Waals surface area (Å²) in [7, 11) is 0. The number of anilines is 1. The molecule has 2 heterocycles. The zero-order chi connectivity index (χ0) is 18.8. The van der Waals surface area contributed by atoms with E-state index in [0.717, 1.165) is 5.39 Å². The molecule has 3 aromatic rings. The Kier molecular flexibility index (Phi) is 4.38. The van der Waals surface area contributed by atoms with E-state index in [1.165, 1.54) is 4.90 Å². The fourth-order valence-electron chi connectivity index (χ4n) is 3.34. The van der Waals surface area contributed by atoms with E-state index in [2.05, 4.69) is 10.3 Å². The van der Waals surface area contributed by atoms with Gasteiger partial charge in [-0.3, -0.25) is 24.3 Å². The van der Waals surface area contributed by atoms with Gasteiger partial charge in [-0.05, 0) is 36.1 Å². The van der Waals surface area contributed by atoms with Gasteiger partial charge in [0.05, 0.1) is 0 Å². The third-order valence-electron chi connectivity index (χ3n) is 4.61. The topological polar surface area (TPSA) is 79.4 Å². The maximum Gasteiger partial charge on any atom is 0.261 e. The van der Waals surface area contributed by atoms with Gasteiger partial charge in [0.1, 0.15) is 0 Å². The number of aromatic nitrogens is 1. The number of amides is 3. The molecule has 6 nitrogen and oxygen atoms in total. The van der Waals surface area contributed by atoms with E-state index < -0.39 is 0 Å². The van der Waals surface area contributed by atoms with Crippen LogP contribution in [0, 0.1) is 0 Å². The second-order valence-corrected chi connectivity index (χ2v) is 6.36. The van der Waals surface area contributed by atoms with Crippen LogP contribution in [0.15, 0.2) is 60.9 Å². The monoisotopic (exact) mass is 359 g/mol. The highest BCUT2D eigenvalue weighted by Crippen LogP contribution is 2.30. The van der Waals surface area contributed by atoms with Crippen molar-refractivity contribution in [1.29, 1.82) is 0 Å². The van der Waals surface area contributed by atoms with Crippen LogP contribution in [0.3, 0.4) is 0 Å². The number of hydrogen-bond donors (Lipinski definition) is 1. The Bertz CT molecular complexity index is 996. The quantitative estimate of drug-likeness (QED) is 0.709. The summed E-state index contributed by atoms with van der Waals surface area (Å²) in [4.78, 5) is 42.7. The smallest absolute Gasteiger partial charge is 0.261 e. The molecule has 0 aliphatic carbocycles. The molecule has 134 valence electrons. The molecule has 3 amide bonds. The van der Waals surface area contributed by atoms with Crippen molar-refractivity contribution in [2.45, 2.75) is 12.8 Å². The second kappa shape index (κ2) is 6.99. The van der Waals surface area contributed by atoms with Gasteiger partial charge in [-0.1, -0.05) is 24.3 Å². The highest BCUT2D eigenvalue weighted by Gasteiger charge is 2.32. The minimum absolute atomic E-state index is 0.166. The molecule has 0 bridgehead atoms. The molecule has 6 heteroatoms. The Morgan fingerprint density at radius 2 is 1.56 bits per heavy atom. The zero-order valence-electron chi connectivity index (χ0n) is 14.5. The number of nitrogens with one attached hydrogen (secondary N) is 1. The van der Waals surface area contributed by atoms with Gasteiger partial charge in [0.15, 0.2) is 0 Å².